The number of amides is 1. The van der Waals surface area contributed by atoms with Gasteiger partial charge in [0.15, 0.2) is 0 Å². The van der Waals surface area contributed by atoms with Crippen molar-refractivity contribution in [3.8, 4) is 0 Å². The smallest absolute Gasteiger partial charge is 0.263 e. The molecule has 5 heteroatoms. The van der Waals surface area contributed by atoms with Gasteiger partial charge in [-0.3, -0.25) is 4.79 Å². The molecule has 4 N–H and O–H groups in total. The summed E-state index contributed by atoms with van der Waals surface area (Å²) in [5.41, 5.74) is 6.01. The van der Waals surface area contributed by atoms with Gasteiger partial charge in [-0.05, 0) is 18.4 Å². The zero-order valence-electron chi connectivity index (χ0n) is 7.28. The third kappa shape index (κ3) is 2.71. The van der Waals surface area contributed by atoms with E-state index >= 15 is 0 Å². The van der Waals surface area contributed by atoms with Crippen LogP contribution in [0.2, 0.25) is 0 Å². The van der Waals surface area contributed by atoms with Crippen molar-refractivity contribution in [1.82, 2.24) is 5.32 Å². The first-order chi connectivity index (χ1) is 6.11. The number of nitrogens with two attached hydrogens (primary N) is 1. The average molecular weight is 200 g/mol. The molecule has 0 aliphatic rings. The van der Waals surface area contributed by atoms with Crippen molar-refractivity contribution in [2.45, 2.75) is 13.0 Å². The van der Waals surface area contributed by atoms with Gasteiger partial charge in [-0.2, -0.15) is 0 Å². The van der Waals surface area contributed by atoms with Gasteiger partial charge in [0.05, 0.1) is 11.8 Å². The molecule has 13 heavy (non-hydrogen) atoms. The van der Waals surface area contributed by atoms with Crippen LogP contribution in [0.1, 0.15) is 16.6 Å². The van der Waals surface area contributed by atoms with Gasteiger partial charge in [0.25, 0.3) is 5.91 Å². The number of rotatable bonds is 3. The van der Waals surface area contributed by atoms with Crippen molar-refractivity contribution in [3.63, 3.8) is 0 Å². The molecule has 0 saturated carbocycles. The first-order valence-corrected chi connectivity index (χ1v) is 4.78. The van der Waals surface area contributed by atoms with Crippen LogP contribution in [0.25, 0.3) is 0 Å². The Morgan fingerprint density at radius 1 is 1.85 bits per heavy atom. The number of carbonyl (C=O) groups is 1. The van der Waals surface area contributed by atoms with Crippen molar-refractivity contribution in [3.05, 3.63) is 16.3 Å². The number of nitrogens with one attached hydrogen (secondary N) is 1. The number of aliphatic hydroxyl groups excluding tert-OH is 1. The van der Waals surface area contributed by atoms with E-state index in [4.69, 9.17) is 10.8 Å². The summed E-state index contributed by atoms with van der Waals surface area (Å²) in [5, 5.41) is 13.2. The van der Waals surface area contributed by atoms with Crippen LogP contribution in [-0.4, -0.2) is 23.7 Å². The van der Waals surface area contributed by atoms with Gasteiger partial charge in [-0.25, -0.2) is 0 Å². The summed E-state index contributed by atoms with van der Waals surface area (Å²) in [5.74, 6) is -0.228. The molecule has 0 aromatic carbocycles. The number of hydrogen-bond donors (Lipinski definition) is 3. The molecule has 72 valence electrons. The van der Waals surface area contributed by atoms with Gasteiger partial charge < -0.3 is 16.2 Å². The Balaban J connectivity index is 2.54. The van der Waals surface area contributed by atoms with E-state index in [1.54, 1.807) is 18.4 Å². The molecule has 0 aliphatic carbocycles. The number of carbonyl (C=O) groups excluding carboxylic acids is 1. The Bertz CT molecular complexity index is 296. The molecule has 0 radical (unpaired) electrons. The molecular formula is C8H12N2O2S. The van der Waals surface area contributed by atoms with Crippen LogP contribution in [0.15, 0.2) is 11.4 Å². The normalized spacial score (nSPS) is 12.5. The highest BCUT2D eigenvalue weighted by Gasteiger charge is 2.10. The highest BCUT2D eigenvalue weighted by Crippen LogP contribution is 2.17. The number of hydrogen-bond acceptors (Lipinski definition) is 4. The average Bonchev–Trinajstić information content (AvgIpc) is 2.47. The third-order valence-corrected chi connectivity index (χ3v) is 2.39. The zero-order chi connectivity index (χ0) is 9.84. The highest BCUT2D eigenvalue weighted by atomic mass is 32.1. The molecule has 1 amide bonds. The van der Waals surface area contributed by atoms with Gasteiger partial charge in [-0.1, -0.05) is 0 Å². The summed E-state index contributed by atoms with van der Waals surface area (Å²) in [4.78, 5) is 11.8. The Kier molecular flexibility index (Phi) is 3.27. The van der Waals surface area contributed by atoms with E-state index in [-0.39, 0.29) is 12.5 Å². The summed E-state index contributed by atoms with van der Waals surface area (Å²) in [7, 11) is 0. The van der Waals surface area contributed by atoms with Crippen LogP contribution in [-0.2, 0) is 0 Å². The van der Waals surface area contributed by atoms with Crippen LogP contribution in [0.5, 0.6) is 0 Å². The second-order valence-electron chi connectivity index (χ2n) is 2.76. The monoisotopic (exact) mass is 200 g/mol. The van der Waals surface area contributed by atoms with Crippen LogP contribution < -0.4 is 11.1 Å². The third-order valence-electron chi connectivity index (χ3n) is 1.46. The van der Waals surface area contributed by atoms with E-state index in [0.29, 0.717) is 10.6 Å². The maximum atomic E-state index is 11.3. The minimum Gasteiger partial charge on any atom is -0.397 e. The van der Waals surface area contributed by atoms with E-state index in [9.17, 15) is 4.79 Å². The van der Waals surface area contributed by atoms with E-state index in [1.807, 2.05) is 0 Å². The van der Waals surface area contributed by atoms with Crippen molar-refractivity contribution >= 4 is 22.9 Å². The van der Waals surface area contributed by atoms with Gasteiger partial charge >= 0.3 is 0 Å². The second kappa shape index (κ2) is 4.25. The van der Waals surface area contributed by atoms with Crippen LogP contribution in [0, 0.1) is 0 Å². The molecule has 1 heterocycles. The molecule has 4 nitrogen and oxygen atoms in total. The number of aliphatic hydroxyl groups is 1. The predicted molar refractivity (Wildman–Crippen MR) is 52.7 cm³/mol. The lowest BCUT2D eigenvalue weighted by molar-refractivity contribution is 0.0929. The van der Waals surface area contributed by atoms with Crippen molar-refractivity contribution in [2.24, 2.45) is 0 Å². The van der Waals surface area contributed by atoms with Crippen molar-refractivity contribution in [1.29, 1.82) is 0 Å². The van der Waals surface area contributed by atoms with Gasteiger partial charge in [0.2, 0.25) is 0 Å². The fourth-order valence-corrected chi connectivity index (χ4v) is 1.56. The maximum absolute atomic E-state index is 11.3. The SMILES string of the molecule is C[C@H](O)CNC(=O)c1sccc1N. The largest absolute Gasteiger partial charge is 0.397 e. The molecule has 0 spiro atoms. The number of thiophene rings is 1. The fourth-order valence-electron chi connectivity index (χ4n) is 0.824. The molecule has 0 aliphatic heterocycles. The Morgan fingerprint density at radius 2 is 2.54 bits per heavy atom. The molecule has 0 saturated heterocycles. The van der Waals surface area contributed by atoms with Gasteiger partial charge in [0, 0.05) is 6.54 Å². The molecule has 1 aromatic rings. The summed E-state index contributed by atoms with van der Waals surface area (Å²) in [6, 6.07) is 1.68. The van der Waals surface area contributed by atoms with E-state index in [0.717, 1.165) is 0 Å². The topological polar surface area (TPSA) is 75.3 Å². The Morgan fingerprint density at radius 3 is 3.00 bits per heavy atom. The van der Waals surface area contributed by atoms with E-state index in [2.05, 4.69) is 5.32 Å². The minimum absolute atomic E-state index is 0.228. The molecule has 1 aromatic heterocycles. The lowest BCUT2D eigenvalue weighted by Crippen LogP contribution is -2.30. The quantitative estimate of drug-likeness (QED) is 0.662. The Labute approximate surface area is 80.4 Å². The van der Waals surface area contributed by atoms with Crippen molar-refractivity contribution < 1.29 is 9.90 Å². The molecule has 1 atom stereocenters. The molecule has 0 fully saturated rings. The highest BCUT2D eigenvalue weighted by molar-refractivity contribution is 7.12. The molecular weight excluding hydrogens is 188 g/mol. The zero-order valence-corrected chi connectivity index (χ0v) is 8.10. The van der Waals surface area contributed by atoms with Crippen LogP contribution in [0.3, 0.4) is 0 Å². The summed E-state index contributed by atoms with van der Waals surface area (Å²) in [6.45, 7) is 1.86. The number of anilines is 1. The van der Waals surface area contributed by atoms with Crippen molar-refractivity contribution in [2.75, 3.05) is 12.3 Å². The molecule has 0 unspecified atom stereocenters. The molecule has 0 bridgehead atoms. The number of nitrogen functional groups attached to an aromatic ring is 1. The Hall–Kier alpha value is -1.07. The fraction of sp³-hybridized carbons (Fsp3) is 0.375. The summed E-state index contributed by atoms with van der Waals surface area (Å²) < 4.78 is 0. The first-order valence-electron chi connectivity index (χ1n) is 3.90. The lowest BCUT2D eigenvalue weighted by atomic mass is 10.3. The van der Waals surface area contributed by atoms with Crippen LogP contribution in [0.4, 0.5) is 5.69 Å². The van der Waals surface area contributed by atoms with E-state index < -0.39 is 6.10 Å². The minimum atomic E-state index is -0.537. The summed E-state index contributed by atoms with van der Waals surface area (Å²) >= 11 is 1.29. The first kappa shape index (κ1) is 10.0. The van der Waals surface area contributed by atoms with E-state index in [1.165, 1.54) is 11.3 Å². The molecule has 1 rings (SSSR count). The lowest BCUT2D eigenvalue weighted by Gasteiger charge is -2.05. The van der Waals surface area contributed by atoms with Crippen LogP contribution >= 0.6 is 11.3 Å². The van der Waals surface area contributed by atoms with Gasteiger partial charge in [0.1, 0.15) is 4.88 Å². The maximum Gasteiger partial charge on any atom is 0.263 e. The standard InChI is InChI=1S/C8H12N2O2S/c1-5(11)4-10-8(12)7-6(9)2-3-13-7/h2-3,5,11H,4,9H2,1H3,(H,10,12)/t5-/m0/s1. The summed E-state index contributed by atoms with van der Waals surface area (Å²) in [6.07, 6.45) is -0.537. The second-order valence-corrected chi connectivity index (χ2v) is 3.68. The van der Waals surface area contributed by atoms with Gasteiger partial charge in [-0.15, -0.1) is 11.3 Å². The predicted octanol–water partition coefficient (Wildman–Crippen LogP) is 0.441.